The fourth-order valence-corrected chi connectivity index (χ4v) is 3.17. The zero-order valence-corrected chi connectivity index (χ0v) is 11.8. The fraction of sp³-hybridized carbons (Fsp3) is 0.562. The second kappa shape index (κ2) is 5.83. The Morgan fingerprint density at radius 2 is 1.85 bits per heavy atom. The number of nitrogens with zero attached hydrogens (tertiary/aromatic N) is 1. The maximum Gasteiger partial charge on any atom is 0.252 e. The molecule has 0 atom stereocenters. The summed E-state index contributed by atoms with van der Waals surface area (Å²) in [5.74, 6) is 0.203. The third kappa shape index (κ3) is 2.80. The van der Waals surface area contributed by atoms with E-state index in [1.54, 1.807) is 6.07 Å². The van der Waals surface area contributed by atoms with Gasteiger partial charge in [-0.3, -0.25) is 4.79 Å². The van der Waals surface area contributed by atoms with Gasteiger partial charge in [-0.15, -0.1) is 0 Å². The highest BCUT2D eigenvalue weighted by molar-refractivity contribution is 5.95. The van der Waals surface area contributed by atoms with Crippen molar-refractivity contribution in [1.29, 1.82) is 0 Å². The molecule has 1 aliphatic heterocycles. The van der Waals surface area contributed by atoms with Crippen LogP contribution < -0.4 is 10.5 Å². The summed E-state index contributed by atoms with van der Waals surface area (Å²) in [6, 6.07) is 7.90. The molecule has 4 nitrogen and oxygen atoms in total. The minimum Gasteiger partial charge on any atom is -0.489 e. The van der Waals surface area contributed by atoms with Crippen LogP contribution in [0, 0.1) is 0 Å². The number of hydrogen-bond donors (Lipinski definition) is 1. The number of piperidine rings is 1. The lowest BCUT2D eigenvalue weighted by Crippen LogP contribution is -2.50. The number of carbonyl (C=O) groups excluding carboxylic acids is 1. The van der Waals surface area contributed by atoms with E-state index in [0.717, 1.165) is 12.8 Å². The van der Waals surface area contributed by atoms with E-state index in [-0.39, 0.29) is 6.10 Å². The second-order valence-corrected chi connectivity index (χ2v) is 5.82. The summed E-state index contributed by atoms with van der Waals surface area (Å²) in [6.07, 6.45) is 6.37. The highest BCUT2D eigenvalue weighted by Crippen LogP contribution is 2.32. The highest BCUT2D eigenvalue weighted by Gasteiger charge is 2.35. The van der Waals surface area contributed by atoms with Gasteiger partial charge in [0, 0.05) is 18.9 Å². The van der Waals surface area contributed by atoms with E-state index in [4.69, 9.17) is 10.5 Å². The van der Waals surface area contributed by atoms with Crippen LogP contribution in [0.2, 0.25) is 0 Å². The van der Waals surface area contributed by atoms with Gasteiger partial charge in [-0.2, -0.15) is 0 Å². The summed E-state index contributed by atoms with van der Waals surface area (Å²) in [7, 11) is 0. The first kappa shape index (κ1) is 13.4. The zero-order chi connectivity index (χ0) is 13.9. The van der Waals surface area contributed by atoms with Gasteiger partial charge in [-0.25, -0.2) is 0 Å². The Hall–Kier alpha value is -1.55. The Morgan fingerprint density at radius 3 is 2.55 bits per heavy atom. The van der Waals surface area contributed by atoms with Crippen LogP contribution >= 0.6 is 0 Å². The van der Waals surface area contributed by atoms with Crippen LogP contribution in [-0.2, 0) is 0 Å². The van der Waals surface area contributed by atoms with Gasteiger partial charge in [-0.1, -0.05) is 18.6 Å². The molecule has 2 aliphatic rings. The molecule has 0 aromatic heterocycles. The Balaban J connectivity index is 1.55. The Morgan fingerprint density at radius 1 is 1.15 bits per heavy atom. The van der Waals surface area contributed by atoms with Crippen molar-refractivity contribution in [3.8, 4) is 5.75 Å². The molecule has 3 rings (SSSR count). The van der Waals surface area contributed by atoms with Gasteiger partial charge in [0.2, 0.25) is 0 Å². The molecule has 1 aromatic rings. The molecule has 4 heteroatoms. The van der Waals surface area contributed by atoms with E-state index in [1.807, 2.05) is 18.2 Å². The molecule has 0 unspecified atom stereocenters. The summed E-state index contributed by atoms with van der Waals surface area (Å²) in [5.41, 5.74) is 5.85. The molecule has 1 saturated heterocycles. The van der Waals surface area contributed by atoms with E-state index in [1.165, 1.54) is 32.4 Å². The number of primary amides is 1. The lowest BCUT2D eigenvalue weighted by atomic mass is 9.86. The van der Waals surface area contributed by atoms with Crippen LogP contribution in [0.1, 0.15) is 42.5 Å². The molecule has 2 N–H and O–H groups in total. The van der Waals surface area contributed by atoms with Gasteiger partial charge in [0.15, 0.2) is 0 Å². The largest absolute Gasteiger partial charge is 0.489 e. The average molecular weight is 274 g/mol. The lowest BCUT2D eigenvalue weighted by molar-refractivity contribution is 0.00858. The molecule has 2 fully saturated rings. The molecule has 0 radical (unpaired) electrons. The SMILES string of the molecule is NC(=O)c1ccccc1OC1CC(N2CCCCC2)C1. The molecular weight excluding hydrogens is 252 g/mol. The molecule has 20 heavy (non-hydrogen) atoms. The first-order chi connectivity index (χ1) is 9.74. The number of amides is 1. The smallest absolute Gasteiger partial charge is 0.252 e. The standard InChI is InChI=1S/C16H22N2O2/c17-16(19)14-6-2-3-7-15(14)20-13-10-12(11-13)18-8-4-1-5-9-18/h2-3,6-7,12-13H,1,4-5,8-11H2,(H2,17,19). The number of rotatable bonds is 4. The molecule has 1 heterocycles. The normalized spacial score (nSPS) is 26.8. The quantitative estimate of drug-likeness (QED) is 0.915. The minimum atomic E-state index is -0.424. The Bertz CT molecular complexity index is 477. The van der Waals surface area contributed by atoms with E-state index in [2.05, 4.69) is 4.90 Å². The number of nitrogens with two attached hydrogens (primary N) is 1. The monoisotopic (exact) mass is 274 g/mol. The van der Waals surface area contributed by atoms with Gasteiger partial charge in [-0.05, 0) is 38.1 Å². The van der Waals surface area contributed by atoms with Crippen molar-refractivity contribution in [3.63, 3.8) is 0 Å². The van der Waals surface area contributed by atoms with Crippen LogP contribution in [-0.4, -0.2) is 36.0 Å². The zero-order valence-electron chi connectivity index (χ0n) is 11.8. The van der Waals surface area contributed by atoms with Crippen molar-refractivity contribution >= 4 is 5.91 Å². The molecule has 0 bridgehead atoms. The van der Waals surface area contributed by atoms with E-state index in [9.17, 15) is 4.79 Å². The van der Waals surface area contributed by atoms with Crippen molar-refractivity contribution in [3.05, 3.63) is 29.8 Å². The number of carbonyl (C=O) groups is 1. The summed E-state index contributed by atoms with van der Waals surface area (Å²) in [5, 5.41) is 0. The number of benzene rings is 1. The predicted octanol–water partition coefficient (Wildman–Crippen LogP) is 2.18. The lowest BCUT2D eigenvalue weighted by Gasteiger charge is -2.44. The van der Waals surface area contributed by atoms with Crippen molar-refractivity contribution in [2.45, 2.75) is 44.2 Å². The van der Waals surface area contributed by atoms with Crippen LogP contribution in [0.3, 0.4) is 0 Å². The third-order valence-corrected chi connectivity index (χ3v) is 4.42. The topological polar surface area (TPSA) is 55.6 Å². The summed E-state index contributed by atoms with van der Waals surface area (Å²) in [6.45, 7) is 2.46. The van der Waals surface area contributed by atoms with Crippen LogP contribution in [0.15, 0.2) is 24.3 Å². The van der Waals surface area contributed by atoms with Crippen molar-refractivity contribution in [1.82, 2.24) is 4.90 Å². The maximum absolute atomic E-state index is 11.4. The second-order valence-electron chi connectivity index (χ2n) is 5.82. The number of ether oxygens (including phenoxy) is 1. The van der Waals surface area contributed by atoms with Crippen molar-refractivity contribution in [2.75, 3.05) is 13.1 Å². The number of likely N-dealkylation sites (tertiary alicyclic amines) is 1. The van der Waals surface area contributed by atoms with Crippen molar-refractivity contribution in [2.24, 2.45) is 5.73 Å². The van der Waals surface area contributed by atoms with Crippen LogP contribution in [0.5, 0.6) is 5.75 Å². The van der Waals surface area contributed by atoms with Gasteiger partial charge in [0.05, 0.1) is 5.56 Å². The fourth-order valence-electron chi connectivity index (χ4n) is 3.17. The average Bonchev–Trinajstić information content (AvgIpc) is 2.43. The summed E-state index contributed by atoms with van der Waals surface area (Å²) in [4.78, 5) is 13.9. The highest BCUT2D eigenvalue weighted by atomic mass is 16.5. The molecule has 1 amide bonds. The van der Waals surface area contributed by atoms with Crippen LogP contribution in [0.25, 0.3) is 0 Å². The summed E-state index contributed by atoms with van der Waals surface area (Å²) < 4.78 is 5.94. The molecule has 1 saturated carbocycles. The Labute approximate surface area is 119 Å². The van der Waals surface area contributed by atoms with E-state index < -0.39 is 5.91 Å². The van der Waals surface area contributed by atoms with Crippen LogP contribution in [0.4, 0.5) is 0 Å². The number of para-hydroxylation sites is 1. The number of hydrogen-bond acceptors (Lipinski definition) is 3. The van der Waals surface area contributed by atoms with Gasteiger partial charge < -0.3 is 15.4 Å². The first-order valence-electron chi connectivity index (χ1n) is 7.53. The first-order valence-corrected chi connectivity index (χ1v) is 7.53. The van der Waals surface area contributed by atoms with Gasteiger partial charge >= 0.3 is 0 Å². The third-order valence-electron chi connectivity index (χ3n) is 4.42. The molecule has 1 aliphatic carbocycles. The minimum absolute atomic E-state index is 0.224. The van der Waals surface area contributed by atoms with E-state index >= 15 is 0 Å². The van der Waals surface area contributed by atoms with Gasteiger partial charge in [0.1, 0.15) is 11.9 Å². The molecular formula is C16H22N2O2. The van der Waals surface area contributed by atoms with E-state index in [0.29, 0.717) is 17.4 Å². The van der Waals surface area contributed by atoms with Gasteiger partial charge in [0.25, 0.3) is 5.91 Å². The molecule has 0 spiro atoms. The maximum atomic E-state index is 11.4. The molecule has 108 valence electrons. The van der Waals surface area contributed by atoms with Crippen molar-refractivity contribution < 1.29 is 9.53 Å². The summed E-state index contributed by atoms with van der Waals surface area (Å²) >= 11 is 0. The molecule has 1 aromatic carbocycles. The predicted molar refractivity (Wildman–Crippen MR) is 77.8 cm³/mol. The Kier molecular flexibility index (Phi) is 3.92.